The van der Waals surface area contributed by atoms with E-state index in [2.05, 4.69) is 72.5 Å². The first-order valence-corrected chi connectivity index (χ1v) is 16.5. The topological polar surface area (TPSA) is 118 Å². The number of benzene rings is 2. The highest BCUT2D eigenvalue weighted by Crippen LogP contribution is 2.21. The fourth-order valence-electron chi connectivity index (χ4n) is 4.78. The van der Waals surface area contributed by atoms with Crippen LogP contribution in [-0.4, -0.2) is 63.3 Å². The summed E-state index contributed by atoms with van der Waals surface area (Å²) in [6, 6.07) is 14.8. The summed E-state index contributed by atoms with van der Waals surface area (Å²) in [4.78, 5) is 38.0. The minimum absolute atomic E-state index is 0.117. The van der Waals surface area contributed by atoms with Crippen LogP contribution in [0.5, 0.6) is 0 Å². The number of esters is 1. The number of hydrogen-bond acceptors (Lipinski definition) is 7. The van der Waals surface area contributed by atoms with Gasteiger partial charge in [-0.05, 0) is 54.5 Å². The second kappa shape index (κ2) is 21.6. The fourth-order valence-corrected chi connectivity index (χ4v) is 4.78. The molecule has 2 rings (SSSR count). The van der Waals surface area contributed by atoms with Gasteiger partial charge in [-0.2, -0.15) is 0 Å². The molecule has 0 saturated carbocycles. The van der Waals surface area contributed by atoms with Gasteiger partial charge in [0.25, 0.3) is 5.91 Å². The second-order valence-electron chi connectivity index (χ2n) is 11.5. The van der Waals surface area contributed by atoms with Gasteiger partial charge in [0, 0.05) is 23.6 Å². The van der Waals surface area contributed by atoms with Crippen molar-refractivity contribution in [3.63, 3.8) is 0 Å². The van der Waals surface area contributed by atoms with E-state index in [0.717, 1.165) is 43.2 Å². The highest BCUT2D eigenvalue weighted by Gasteiger charge is 2.21. The number of amides is 2. The van der Waals surface area contributed by atoms with Gasteiger partial charge in [0.2, 0.25) is 5.91 Å². The molecular formula is C37H54N4O5. The van der Waals surface area contributed by atoms with Crippen LogP contribution in [0.3, 0.4) is 0 Å². The third-order valence-electron chi connectivity index (χ3n) is 7.50. The lowest BCUT2D eigenvalue weighted by Gasteiger charge is -2.23. The number of hydrogen-bond donors (Lipinski definition) is 4. The van der Waals surface area contributed by atoms with Gasteiger partial charge in [0.15, 0.2) is 0 Å². The molecule has 0 bridgehead atoms. The molecule has 0 fully saturated rings. The molecule has 0 aromatic heterocycles. The van der Waals surface area contributed by atoms with Crippen molar-refractivity contribution < 1.29 is 23.9 Å². The van der Waals surface area contributed by atoms with Gasteiger partial charge < -0.3 is 30.7 Å². The van der Waals surface area contributed by atoms with Gasteiger partial charge in [0.05, 0.1) is 26.8 Å². The summed E-state index contributed by atoms with van der Waals surface area (Å²) in [6.07, 6.45) is 7.81. The van der Waals surface area contributed by atoms with Crippen LogP contribution in [0, 0.1) is 0 Å². The number of aryl methyl sites for hydroxylation is 1. The Hall–Kier alpha value is -4.11. The van der Waals surface area contributed by atoms with Crippen LogP contribution in [0.15, 0.2) is 73.1 Å². The van der Waals surface area contributed by atoms with Gasteiger partial charge in [-0.25, -0.2) is 4.79 Å². The Morgan fingerprint density at radius 1 is 0.739 bits per heavy atom. The molecule has 46 heavy (non-hydrogen) atoms. The Morgan fingerprint density at radius 2 is 1.33 bits per heavy atom. The maximum Gasteiger partial charge on any atom is 0.328 e. The molecule has 4 N–H and O–H groups in total. The molecule has 2 unspecified atom stereocenters. The lowest BCUT2D eigenvalue weighted by atomic mass is 10.0. The van der Waals surface area contributed by atoms with Crippen molar-refractivity contribution in [2.24, 2.45) is 0 Å². The quantitative estimate of drug-likeness (QED) is 0.0920. The number of methoxy groups -OCH3 is 1. The Balaban J connectivity index is 1.92. The van der Waals surface area contributed by atoms with Gasteiger partial charge in [0.1, 0.15) is 12.1 Å². The maximum atomic E-state index is 13.1. The number of nitrogens with one attached hydrogen (secondary N) is 4. The van der Waals surface area contributed by atoms with Crippen molar-refractivity contribution in [2.45, 2.75) is 84.2 Å². The fraction of sp³-hybridized carbons (Fsp3) is 0.486. The molecule has 2 atom stereocenters. The molecule has 0 saturated heterocycles. The minimum Gasteiger partial charge on any atom is -0.467 e. The SMILES string of the molecule is C=C(CNC(=O)c1ccc(-c2ccc(CCCC)cc2)cc1)NC(COCCCCC)C(=O)NCC(=C)NC(CCC)C(=O)OC. The van der Waals surface area contributed by atoms with E-state index in [0.29, 0.717) is 30.0 Å². The van der Waals surface area contributed by atoms with Gasteiger partial charge in [-0.1, -0.05) is 96.0 Å². The first kappa shape index (κ1) is 38.1. The minimum atomic E-state index is -0.737. The molecule has 0 heterocycles. The predicted octanol–water partition coefficient (Wildman–Crippen LogP) is 5.67. The van der Waals surface area contributed by atoms with Crippen LogP contribution >= 0.6 is 0 Å². The van der Waals surface area contributed by atoms with Crippen molar-refractivity contribution in [3.8, 4) is 11.1 Å². The predicted molar refractivity (Wildman–Crippen MR) is 185 cm³/mol. The van der Waals surface area contributed by atoms with E-state index in [9.17, 15) is 14.4 Å². The molecule has 9 heteroatoms. The standard InChI is InChI=1S/C37H54N4O5/c1-7-10-12-23-46-26-34(36(43)39-25-27(4)40-33(13-9-3)37(44)45-6)41-28(5)24-38-35(42)32-21-19-31(20-22-32)30-17-15-29(16-18-30)14-11-8-2/h15-22,33-34,40-41H,4-5,7-14,23-26H2,1-3,6H3,(H,38,42)(H,39,43). The van der Waals surface area contributed by atoms with Crippen LogP contribution in [-0.2, 0) is 25.5 Å². The molecule has 2 aromatic rings. The van der Waals surface area contributed by atoms with E-state index < -0.39 is 12.1 Å². The summed E-state index contributed by atoms with van der Waals surface area (Å²) in [6.45, 7) is 15.2. The molecule has 2 aromatic carbocycles. The Labute approximate surface area is 275 Å². The summed E-state index contributed by atoms with van der Waals surface area (Å²) in [5, 5.41) is 11.9. The molecule has 0 aliphatic carbocycles. The molecule has 0 aliphatic rings. The molecule has 0 aliphatic heterocycles. The Kier molecular flexibility index (Phi) is 17.9. The largest absolute Gasteiger partial charge is 0.467 e. The lowest BCUT2D eigenvalue weighted by Crippen LogP contribution is -2.49. The molecule has 0 spiro atoms. The van der Waals surface area contributed by atoms with E-state index in [1.54, 1.807) is 12.1 Å². The van der Waals surface area contributed by atoms with Crippen molar-refractivity contribution in [2.75, 3.05) is 33.4 Å². The van der Waals surface area contributed by atoms with Crippen molar-refractivity contribution in [1.29, 1.82) is 0 Å². The number of carbonyl (C=O) groups excluding carboxylic acids is 3. The summed E-state index contributed by atoms with van der Waals surface area (Å²) in [7, 11) is 1.34. The molecule has 252 valence electrons. The van der Waals surface area contributed by atoms with E-state index in [-0.39, 0.29) is 37.5 Å². The van der Waals surface area contributed by atoms with Crippen molar-refractivity contribution >= 4 is 17.8 Å². The normalized spacial score (nSPS) is 12.0. The van der Waals surface area contributed by atoms with Gasteiger partial charge in [-0.15, -0.1) is 0 Å². The van der Waals surface area contributed by atoms with E-state index >= 15 is 0 Å². The van der Waals surface area contributed by atoms with Crippen LogP contribution in [0.1, 0.15) is 81.6 Å². The summed E-state index contributed by atoms with van der Waals surface area (Å²) < 4.78 is 10.6. The van der Waals surface area contributed by atoms with Crippen LogP contribution in [0.2, 0.25) is 0 Å². The number of unbranched alkanes of at least 4 members (excludes halogenated alkanes) is 3. The lowest BCUT2D eigenvalue weighted by molar-refractivity contribution is -0.143. The molecule has 9 nitrogen and oxygen atoms in total. The highest BCUT2D eigenvalue weighted by molar-refractivity contribution is 5.94. The first-order valence-electron chi connectivity index (χ1n) is 16.5. The van der Waals surface area contributed by atoms with Crippen molar-refractivity contribution in [1.82, 2.24) is 21.3 Å². The average molecular weight is 635 g/mol. The monoisotopic (exact) mass is 634 g/mol. The zero-order valence-corrected chi connectivity index (χ0v) is 28.2. The van der Waals surface area contributed by atoms with E-state index in [4.69, 9.17) is 9.47 Å². The van der Waals surface area contributed by atoms with E-state index in [1.165, 1.54) is 25.5 Å². The smallest absolute Gasteiger partial charge is 0.328 e. The van der Waals surface area contributed by atoms with E-state index in [1.807, 2.05) is 19.1 Å². The molecule has 2 amide bonds. The molecular weight excluding hydrogens is 580 g/mol. The third-order valence-corrected chi connectivity index (χ3v) is 7.50. The number of ether oxygens (including phenoxy) is 2. The summed E-state index contributed by atoms with van der Waals surface area (Å²) in [5.41, 5.74) is 4.97. The number of carbonyl (C=O) groups is 3. The summed E-state index contributed by atoms with van der Waals surface area (Å²) in [5.74, 6) is -0.933. The average Bonchev–Trinajstić information content (AvgIpc) is 3.07. The van der Waals surface area contributed by atoms with Crippen LogP contribution < -0.4 is 21.3 Å². The zero-order chi connectivity index (χ0) is 33.7. The zero-order valence-electron chi connectivity index (χ0n) is 28.2. The first-order chi connectivity index (χ1) is 22.2. The van der Waals surface area contributed by atoms with Gasteiger partial charge >= 0.3 is 5.97 Å². The maximum absolute atomic E-state index is 13.1. The molecule has 0 radical (unpaired) electrons. The Bertz CT molecular complexity index is 1240. The van der Waals surface area contributed by atoms with Gasteiger partial charge in [-0.3, -0.25) is 9.59 Å². The highest BCUT2D eigenvalue weighted by atomic mass is 16.5. The van der Waals surface area contributed by atoms with Crippen LogP contribution in [0.4, 0.5) is 0 Å². The third kappa shape index (κ3) is 13.9. The summed E-state index contributed by atoms with van der Waals surface area (Å²) >= 11 is 0. The van der Waals surface area contributed by atoms with Crippen molar-refractivity contribution in [3.05, 3.63) is 84.2 Å². The number of rotatable bonds is 23. The second-order valence-corrected chi connectivity index (χ2v) is 11.5. The van der Waals surface area contributed by atoms with Crippen LogP contribution in [0.25, 0.3) is 11.1 Å². The Morgan fingerprint density at radius 3 is 1.91 bits per heavy atom.